The zero-order chi connectivity index (χ0) is 26.0. The number of hydrogen-bond donors (Lipinski definition) is 2. The van der Waals surface area contributed by atoms with Gasteiger partial charge in [0.05, 0.1) is 12.2 Å². The van der Waals surface area contributed by atoms with E-state index in [2.05, 4.69) is 43.1 Å². The van der Waals surface area contributed by atoms with Crippen molar-refractivity contribution in [3.05, 3.63) is 65.4 Å². The first kappa shape index (κ1) is 24.1. The quantitative estimate of drug-likeness (QED) is 0.320. The summed E-state index contributed by atoms with van der Waals surface area (Å²) in [6.07, 6.45) is 10.9. The molecule has 4 heteroatoms. The molecule has 4 bridgehead atoms. The molecule has 8 rings (SSSR count). The van der Waals surface area contributed by atoms with E-state index < -0.39 is 5.97 Å². The number of aromatic carboxylic acids is 1. The van der Waals surface area contributed by atoms with Gasteiger partial charge in [-0.15, -0.1) is 0 Å². The first-order valence-corrected chi connectivity index (χ1v) is 14.7. The lowest BCUT2D eigenvalue weighted by atomic mass is 9.48. The highest BCUT2D eigenvalue weighted by molar-refractivity contribution is 5.88. The number of benzene rings is 2. The SMILES string of the molecule is CC(C)c1[nH]c(-c2ccc(C(=O)O)cc2)cc1-c1ccc(OCC2CC2)c(C23CC4CC(CC(C4)C2)C3)c1. The summed E-state index contributed by atoms with van der Waals surface area (Å²) in [5, 5.41) is 9.31. The van der Waals surface area contributed by atoms with Crippen LogP contribution in [0.5, 0.6) is 5.75 Å². The Kier molecular flexibility index (Phi) is 5.72. The van der Waals surface area contributed by atoms with Gasteiger partial charge in [-0.2, -0.15) is 0 Å². The van der Waals surface area contributed by atoms with Gasteiger partial charge in [0.25, 0.3) is 0 Å². The fraction of sp³-hybridized carbons (Fsp3) is 0.500. The third-order valence-electron chi connectivity index (χ3n) is 9.94. The molecule has 3 aromatic rings. The standard InChI is InChI=1S/C34H39NO3/c1-20(2)32-28(15-30(35-32)25-5-7-26(8-6-25)33(36)37)27-9-10-31(38-19-21-3-4-21)29(14-27)34-16-22-11-23(17-34)13-24(12-22)18-34/h5-10,14-15,20-24,35H,3-4,11-13,16-19H2,1-2H3,(H,36,37). The van der Waals surface area contributed by atoms with E-state index in [-0.39, 0.29) is 5.41 Å². The summed E-state index contributed by atoms with van der Waals surface area (Å²) in [4.78, 5) is 15.0. The largest absolute Gasteiger partial charge is 0.493 e. The molecular weight excluding hydrogens is 470 g/mol. The predicted molar refractivity (Wildman–Crippen MR) is 151 cm³/mol. The van der Waals surface area contributed by atoms with Crippen LogP contribution in [-0.2, 0) is 5.41 Å². The number of nitrogens with one attached hydrogen (secondary N) is 1. The van der Waals surface area contributed by atoms with Crippen molar-refractivity contribution in [2.45, 2.75) is 76.5 Å². The van der Waals surface area contributed by atoms with Gasteiger partial charge >= 0.3 is 5.97 Å². The van der Waals surface area contributed by atoms with Gasteiger partial charge in [-0.05, 0) is 128 Å². The highest BCUT2D eigenvalue weighted by Crippen LogP contribution is 2.62. The van der Waals surface area contributed by atoms with E-state index in [1.165, 1.54) is 73.8 Å². The fourth-order valence-electron chi connectivity index (χ4n) is 8.28. The molecule has 0 atom stereocenters. The average molecular weight is 510 g/mol. The summed E-state index contributed by atoms with van der Waals surface area (Å²) in [7, 11) is 0. The van der Waals surface area contributed by atoms with Crippen molar-refractivity contribution in [3.8, 4) is 28.1 Å². The molecule has 0 aliphatic heterocycles. The maximum Gasteiger partial charge on any atom is 0.335 e. The minimum atomic E-state index is -0.896. The highest BCUT2D eigenvalue weighted by atomic mass is 16.5. The molecule has 2 aromatic carbocycles. The van der Waals surface area contributed by atoms with E-state index in [0.717, 1.165) is 47.3 Å². The zero-order valence-electron chi connectivity index (χ0n) is 22.6. The molecule has 5 saturated carbocycles. The molecule has 1 heterocycles. The molecule has 0 amide bonds. The fourth-order valence-corrected chi connectivity index (χ4v) is 8.28. The van der Waals surface area contributed by atoms with Crippen LogP contribution >= 0.6 is 0 Å². The summed E-state index contributed by atoms with van der Waals surface area (Å²) in [6.45, 7) is 5.33. The number of carbonyl (C=O) groups is 1. The molecule has 198 valence electrons. The van der Waals surface area contributed by atoms with Crippen LogP contribution in [0.15, 0.2) is 48.5 Å². The van der Waals surface area contributed by atoms with Gasteiger partial charge in [0.2, 0.25) is 0 Å². The van der Waals surface area contributed by atoms with Gasteiger partial charge in [-0.3, -0.25) is 0 Å². The van der Waals surface area contributed by atoms with Gasteiger partial charge in [0.15, 0.2) is 0 Å². The minimum absolute atomic E-state index is 0.271. The average Bonchev–Trinajstić information content (AvgIpc) is 3.61. The predicted octanol–water partition coefficient (Wildman–Crippen LogP) is 8.43. The number of hydrogen-bond acceptors (Lipinski definition) is 2. The Bertz CT molecular complexity index is 1330. The second-order valence-electron chi connectivity index (χ2n) is 13.2. The van der Waals surface area contributed by atoms with E-state index in [4.69, 9.17) is 4.74 Å². The van der Waals surface area contributed by atoms with Crippen molar-refractivity contribution < 1.29 is 14.6 Å². The third kappa shape index (κ3) is 4.26. The lowest BCUT2D eigenvalue weighted by Crippen LogP contribution is -2.48. The van der Waals surface area contributed by atoms with E-state index in [1.54, 1.807) is 12.1 Å². The van der Waals surface area contributed by atoms with Crippen LogP contribution in [0.1, 0.15) is 92.7 Å². The molecule has 5 fully saturated rings. The summed E-state index contributed by atoms with van der Waals surface area (Å²) < 4.78 is 6.57. The van der Waals surface area contributed by atoms with Crippen LogP contribution in [0.3, 0.4) is 0 Å². The number of carboxylic acid groups (broad SMARTS) is 1. The number of rotatable bonds is 8. The first-order valence-electron chi connectivity index (χ1n) is 14.7. The van der Waals surface area contributed by atoms with Crippen molar-refractivity contribution in [3.63, 3.8) is 0 Å². The summed E-state index contributed by atoms with van der Waals surface area (Å²) in [6, 6.07) is 16.4. The number of carboxylic acids is 1. The first-order chi connectivity index (χ1) is 18.4. The molecule has 0 spiro atoms. The maximum absolute atomic E-state index is 11.3. The second-order valence-corrected chi connectivity index (χ2v) is 13.2. The van der Waals surface area contributed by atoms with E-state index >= 15 is 0 Å². The van der Waals surface area contributed by atoms with Crippen molar-refractivity contribution in [1.29, 1.82) is 0 Å². The van der Waals surface area contributed by atoms with E-state index in [9.17, 15) is 9.90 Å². The number of aromatic amines is 1. The normalized spacial score (nSPS) is 27.7. The van der Waals surface area contributed by atoms with Gasteiger partial charge < -0.3 is 14.8 Å². The Hall–Kier alpha value is -3.01. The minimum Gasteiger partial charge on any atom is -0.493 e. The Balaban J connectivity index is 1.30. The van der Waals surface area contributed by atoms with Gasteiger partial charge in [0, 0.05) is 22.5 Å². The molecular formula is C34H39NO3. The number of H-pyrrole nitrogens is 1. The van der Waals surface area contributed by atoms with Crippen LogP contribution in [0, 0.1) is 23.7 Å². The van der Waals surface area contributed by atoms with Crippen LogP contribution < -0.4 is 4.74 Å². The van der Waals surface area contributed by atoms with Crippen molar-refractivity contribution in [2.24, 2.45) is 23.7 Å². The highest BCUT2D eigenvalue weighted by Gasteiger charge is 2.52. The molecule has 0 radical (unpaired) electrons. The van der Waals surface area contributed by atoms with Crippen LogP contribution in [-0.4, -0.2) is 22.7 Å². The Labute approximate surface area is 225 Å². The Morgan fingerprint density at radius 1 is 0.947 bits per heavy atom. The van der Waals surface area contributed by atoms with Gasteiger partial charge in [-0.1, -0.05) is 32.0 Å². The molecule has 2 N–H and O–H groups in total. The zero-order valence-corrected chi connectivity index (χ0v) is 22.6. The van der Waals surface area contributed by atoms with E-state index in [0.29, 0.717) is 11.5 Å². The van der Waals surface area contributed by atoms with Crippen LogP contribution in [0.4, 0.5) is 0 Å². The third-order valence-corrected chi connectivity index (χ3v) is 9.94. The van der Waals surface area contributed by atoms with E-state index in [1.807, 2.05) is 12.1 Å². The van der Waals surface area contributed by atoms with Gasteiger partial charge in [0.1, 0.15) is 5.75 Å². The molecule has 5 aliphatic rings. The lowest BCUT2D eigenvalue weighted by molar-refractivity contribution is -0.00641. The van der Waals surface area contributed by atoms with Crippen molar-refractivity contribution in [2.75, 3.05) is 6.61 Å². The molecule has 4 nitrogen and oxygen atoms in total. The van der Waals surface area contributed by atoms with Crippen molar-refractivity contribution in [1.82, 2.24) is 4.98 Å². The maximum atomic E-state index is 11.3. The van der Waals surface area contributed by atoms with Crippen LogP contribution in [0.25, 0.3) is 22.4 Å². The van der Waals surface area contributed by atoms with Crippen molar-refractivity contribution >= 4 is 5.97 Å². The summed E-state index contributed by atoms with van der Waals surface area (Å²) in [5.41, 5.74) is 7.84. The molecule has 0 saturated heterocycles. The smallest absolute Gasteiger partial charge is 0.335 e. The summed E-state index contributed by atoms with van der Waals surface area (Å²) >= 11 is 0. The summed E-state index contributed by atoms with van der Waals surface area (Å²) in [5.74, 6) is 3.98. The molecule has 0 unspecified atom stereocenters. The lowest BCUT2D eigenvalue weighted by Gasteiger charge is -2.57. The Morgan fingerprint density at radius 3 is 2.16 bits per heavy atom. The topological polar surface area (TPSA) is 62.3 Å². The Morgan fingerprint density at radius 2 is 1.58 bits per heavy atom. The van der Waals surface area contributed by atoms with Gasteiger partial charge in [-0.25, -0.2) is 4.79 Å². The molecule has 1 aromatic heterocycles. The monoisotopic (exact) mass is 509 g/mol. The van der Waals surface area contributed by atoms with Crippen LogP contribution in [0.2, 0.25) is 0 Å². The molecule has 5 aliphatic carbocycles. The number of ether oxygens (including phenoxy) is 1. The second kappa shape index (κ2) is 9.03. The molecule has 38 heavy (non-hydrogen) atoms. The number of aromatic nitrogens is 1.